The highest BCUT2D eigenvalue weighted by Gasteiger charge is 2.15. The minimum atomic E-state index is -0.422. The number of amides is 1. The Morgan fingerprint density at radius 1 is 1.60 bits per heavy atom. The number of carbonyl (C=O) groups is 1. The van der Waals surface area contributed by atoms with Gasteiger partial charge in [-0.2, -0.15) is 4.98 Å². The van der Waals surface area contributed by atoms with Crippen LogP contribution in [-0.2, 0) is 4.79 Å². The van der Waals surface area contributed by atoms with Crippen LogP contribution in [0.5, 0.6) is 0 Å². The molecule has 1 aromatic heterocycles. The molecule has 0 saturated heterocycles. The molecule has 0 fully saturated rings. The van der Waals surface area contributed by atoms with Crippen molar-refractivity contribution < 1.29 is 4.79 Å². The second kappa shape index (κ2) is 4.59. The van der Waals surface area contributed by atoms with Crippen LogP contribution in [0.2, 0.25) is 0 Å². The lowest BCUT2D eigenvalue weighted by Crippen LogP contribution is -2.39. The van der Waals surface area contributed by atoms with E-state index in [1.54, 1.807) is 17.2 Å². The lowest BCUT2D eigenvalue weighted by Gasteiger charge is -2.24. The van der Waals surface area contributed by atoms with Crippen LogP contribution in [0, 0.1) is 0 Å². The number of nitrogens with zero attached hydrogens (tertiary/aromatic N) is 3. The summed E-state index contributed by atoms with van der Waals surface area (Å²) in [5.41, 5.74) is 10.7. The zero-order valence-electron chi connectivity index (χ0n) is 8.84. The normalized spacial score (nSPS) is 10.3. The second-order valence-corrected chi connectivity index (χ2v) is 3.47. The van der Waals surface area contributed by atoms with Gasteiger partial charge in [-0.3, -0.25) is 4.79 Å². The average molecular weight is 209 g/mol. The van der Waals surface area contributed by atoms with Gasteiger partial charge in [-0.1, -0.05) is 0 Å². The number of carbonyl (C=O) groups excluding carboxylic acids is 1. The molecular weight excluding hydrogens is 194 g/mol. The smallest absolute Gasteiger partial charge is 0.237 e. The molecule has 1 aromatic rings. The Morgan fingerprint density at radius 2 is 2.27 bits per heavy atom. The van der Waals surface area contributed by atoms with E-state index in [-0.39, 0.29) is 12.6 Å². The predicted octanol–water partition coefficient (Wildman–Crippen LogP) is -0.241. The number of nitrogen functional groups attached to an aromatic ring is 1. The number of nitrogens with two attached hydrogens (primary N) is 2. The van der Waals surface area contributed by atoms with E-state index in [1.807, 2.05) is 13.8 Å². The SMILES string of the molecule is CC(C)N(CC(N)=O)c1nccc(N)n1. The highest BCUT2D eigenvalue weighted by Crippen LogP contribution is 2.11. The van der Waals surface area contributed by atoms with Crippen molar-refractivity contribution in [2.24, 2.45) is 5.73 Å². The summed E-state index contributed by atoms with van der Waals surface area (Å²) in [5.74, 6) is 0.369. The Kier molecular flexibility index (Phi) is 3.43. The summed E-state index contributed by atoms with van der Waals surface area (Å²) in [5, 5.41) is 0. The van der Waals surface area contributed by atoms with Crippen molar-refractivity contribution in [3.05, 3.63) is 12.3 Å². The van der Waals surface area contributed by atoms with E-state index in [2.05, 4.69) is 9.97 Å². The number of aromatic nitrogens is 2. The standard InChI is InChI=1S/C9H15N5O/c1-6(2)14(5-8(11)15)9-12-4-3-7(10)13-9/h3-4,6H,5H2,1-2H3,(H2,11,15)(H2,10,12,13). The third kappa shape index (κ3) is 3.08. The lowest BCUT2D eigenvalue weighted by atomic mass is 10.3. The number of hydrogen-bond acceptors (Lipinski definition) is 5. The predicted molar refractivity (Wildman–Crippen MR) is 58.1 cm³/mol. The van der Waals surface area contributed by atoms with Gasteiger partial charge in [-0.05, 0) is 19.9 Å². The molecule has 0 atom stereocenters. The molecule has 6 nitrogen and oxygen atoms in total. The maximum absolute atomic E-state index is 10.9. The molecule has 0 aromatic carbocycles. The molecular formula is C9H15N5O. The van der Waals surface area contributed by atoms with Crippen LogP contribution in [0.4, 0.5) is 11.8 Å². The zero-order valence-corrected chi connectivity index (χ0v) is 8.84. The molecule has 4 N–H and O–H groups in total. The van der Waals surface area contributed by atoms with E-state index in [0.29, 0.717) is 11.8 Å². The fourth-order valence-electron chi connectivity index (χ4n) is 1.15. The summed E-state index contributed by atoms with van der Waals surface area (Å²) < 4.78 is 0. The Hall–Kier alpha value is -1.85. The third-order valence-corrected chi connectivity index (χ3v) is 1.87. The fourth-order valence-corrected chi connectivity index (χ4v) is 1.15. The highest BCUT2D eigenvalue weighted by atomic mass is 16.1. The molecule has 0 bridgehead atoms. The zero-order chi connectivity index (χ0) is 11.4. The van der Waals surface area contributed by atoms with Crippen molar-refractivity contribution in [2.45, 2.75) is 19.9 Å². The van der Waals surface area contributed by atoms with Crippen LogP contribution >= 0.6 is 0 Å². The van der Waals surface area contributed by atoms with Gasteiger partial charge >= 0.3 is 0 Å². The average Bonchev–Trinajstić information content (AvgIpc) is 2.13. The van der Waals surface area contributed by atoms with E-state index >= 15 is 0 Å². The van der Waals surface area contributed by atoms with Crippen molar-refractivity contribution >= 4 is 17.7 Å². The molecule has 0 unspecified atom stereocenters. The summed E-state index contributed by atoms with van der Waals surface area (Å²) in [6, 6.07) is 1.67. The van der Waals surface area contributed by atoms with Gasteiger partial charge < -0.3 is 16.4 Å². The molecule has 15 heavy (non-hydrogen) atoms. The summed E-state index contributed by atoms with van der Waals surface area (Å²) in [6.45, 7) is 3.94. The molecule has 1 heterocycles. The molecule has 0 aliphatic carbocycles. The van der Waals surface area contributed by atoms with Gasteiger partial charge in [0.25, 0.3) is 0 Å². The van der Waals surface area contributed by atoms with E-state index < -0.39 is 5.91 Å². The first kappa shape index (κ1) is 11.2. The van der Waals surface area contributed by atoms with Crippen LogP contribution in [0.15, 0.2) is 12.3 Å². The van der Waals surface area contributed by atoms with Crippen LogP contribution < -0.4 is 16.4 Å². The Bertz CT molecular complexity index is 352. The molecule has 0 spiro atoms. The maximum atomic E-state index is 10.9. The summed E-state index contributed by atoms with van der Waals surface area (Å²) in [6.07, 6.45) is 1.55. The van der Waals surface area contributed by atoms with Crippen LogP contribution in [-0.4, -0.2) is 28.5 Å². The van der Waals surface area contributed by atoms with Crippen LogP contribution in [0.1, 0.15) is 13.8 Å². The molecule has 0 aliphatic heterocycles. The molecule has 0 aliphatic rings. The summed E-state index contributed by atoms with van der Waals surface area (Å²) in [7, 11) is 0. The highest BCUT2D eigenvalue weighted by molar-refractivity contribution is 5.79. The van der Waals surface area contributed by atoms with Crippen LogP contribution in [0.3, 0.4) is 0 Å². The van der Waals surface area contributed by atoms with Crippen molar-refractivity contribution in [1.82, 2.24) is 9.97 Å². The third-order valence-electron chi connectivity index (χ3n) is 1.87. The van der Waals surface area contributed by atoms with E-state index in [0.717, 1.165) is 0 Å². The van der Waals surface area contributed by atoms with Gasteiger partial charge in [-0.25, -0.2) is 4.98 Å². The number of primary amides is 1. The van der Waals surface area contributed by atoms with Gasteiger partial charge in [0.05, 0.1) is 6.54 Å². The van der Waals surface area contributed by atoms with Crippen molar-refractivity contribution in [3.63, 3.8) is 0 Å². The number of hydrogen-bond donors (Lipinski definition) is 2. The van der Waals surface area contributed by atoms with E-state index in [1.165, 1.54) is 0 Å². The first-order valence-electron chi connectivity index (χ1n) is 4.64. The second-order valence-electron chi connectivity index (χ2n) is 3.47. The minimum absolute atomic E-state index is 0.0827. The van der Waals surface area contributed by atoms with Crippen molar-refractivity contribution in [3.8, 4) is 0 Å². The van der Waals surface area contributed by atoms with Gasteiger partial charge in [0.1, 0.15) is 5.82 Å². The van der Waals surface area contributed by atoms with Crippen molar-refractivity contribution in [2.75, 3.05) is 17.2 Å². The Labute approximate surface area is 88.3 Å². The fraction of sp³-hybridized carbons (Fsp3) is 0.444. The largest absolute Gasteiger partial charge is 0.384 e. The quantitative estimate of drug-likeness (QED) is 0.713. The number of anilines is 2. The maximum Gasteiger partial charge on any atom is 0.237 e. The molecule has 0 radical (unpaired) electrons. The van der Waals surface area contributed by atoms with Crippen LogP contribution in [0.25, 0.3) is 0 Å². The van der Waals surface area contributed by atoms with Gasteiger partial charge in [0.2, 0.25) is 11.9 Å². The van der Waals surface area contributed by atoms with E-state index in [9.17, 15) is 4.79 Å². The monoisotopic (exact) mass is 209 g/mol. The topological polar surface area (TPSA) is 98.1 Å². The van der Waals surface area contributed by atoms with Gasteiger partial charge in [0.15, 0.2) is 0 Å². The minimum Gasteiger partial charge on any atom is -0.384 e. The Balaban J connectivity index is 2.93. The van der Waals surface area contributed by atoms with Gasteiger partial charge in [0, 0.05) is 12.2 Å². The first-order valence-corrected chi connectivity index (χ1v) is 4.64. The van der Waals surface area contributed by atoms with E-state index in [4.69, 9.17) is 11.5 Å². The lowest BCUT2D eigenvalue weighted by molar-refractivity contribution is -0.116. The summed E-state index contributed by atoms with van der Waals surface area (Å²) in [4.78, 5) is 20.6. The van der Waals surface area contributed by atoms with Gasteiger partial charge in [-0.15, -0.1) is 0 Å². The molecule has 6 heteroatoms. The first-order chi connectivity index (χ1) is 7.00. The molecule has 1 rings (SSSR count). The Morgan fingerprint density at radius 3 is 2.73 bits per heavy atom. The summed E-state index contributed by atoms with van der Waals surface area (Å²) >= 11 is 0. The van der Waals surface area contributed by atoms with Crippen molar-refractivity contribution in [1.29, 1.82) is 0 Å². The molecule has 0 saturated carbocycles. The number of rotatable bonds is 4. The molecule has 82 valence electrons. The molecule has 1 amide bonds.